The van der Waals surface area contributed by atoms with Crippen molar-refractivity contribution in [1.29, 1.82) is 0 Å². The van der Waals surface area contributed by atoms with Crippen LogP contribution in [0.2, 0.25) is 0 Å². The minimum absolute atomic E-state index is 0.0170. The number of carbonyl (C=O) groups excluding carboxylic acids is 1. The monoisotopic (exact) mass is 286 g/mol. The Balaban J connectivity index is 4.24. The van der Waals surface area contributed by atoms with E-state index in [1.54, 1.807) is 0 Å². The van der Waals surface area contributed by atoms with Gasteiger partial charge in [0.05, 0.1) is 6.42 Å². The third kappa shape index (κ3) is 8.15. The van der Waals surface area contributed by atoms with Gasteiger partial charge in [-0.05, 0) is 36.6 Å². The highest BCUT2D eigenvalue weighted by atomic mass is 16.4. The van der Waals surface area contributed by atoms with Crippen molar-refractivity contribution in [3.8, 4) is 0 Å². The average Bonchev–Trinajstić information content (AvgIpc) is 2.39. The molecule has 5 heteroatoms. The third-order valence-electron chi connectivity index (χ3n) is 4.06. The number of nitrogens with one attached hydrogen (secondary N) is 1. The molecule has 0 rings (SSSR count). The fraction of sp³-hybridized carbons (Fsp3) is 0.867. The molecule has 20 heavy (non-hydrogen) atoms. The first kappa shape index (κ1) is 18.9. The molecular formula is C15H30N2O3. The zero-order valence-corrected chi connectivity index (χ0v) is 13.2. The van der Waals surface area contributed by atoms with Gasteiger partial charge in [0.25, 0.3) is 0 Å². The molecule has 3 atom stereocenters. The van der Waals surface area contributed by atoms with Crippen molar-refractivity contribution in [2.75, 3.05) is 13.1 Å². The second kappa shape index (κ2) is 9.75. The van der Waals surface area contributed by atoms with E-state index in [9.17, 15) is 9.59 Å². The van der Waals surface area contributed by atoms with Crippen LogP contribution in [0.3, 0.4) is 0 Å². The summed E-state index contributed by atoms with van der Waals surface area (Å²) in [5, 5.41) is 11.8. The predicted molar refractivity (Wildman–Crippen MR) is 80.2 cm³/mol. The maximum absolute atomic E-state index is 11.7. The zero-order chi connectivity index (χ0) is 15.7. The molecule has 0 aliphatic rings. The van der Waals surface area contributed by atoms with E-state index >= 15 is 0 Å². The molecule has 1 amide bonds. The van der Waals surface area contributed by atoms with Gasteiger partial charge in [-0.25, -0.2) is 0 Å². The molecule has 0 aromatic rings. The molecule has 0 spiro atoms. The van der Waals surface area contributed by atoms with Crippen LogP contribution in [0.5, 0.6) is 0 Å². The van der Waals surface area contributed by atoms with Gasteiger partial charge in [-0.3, -0.25) is 9.59 Å². The van der Waals surface area contributed by atoms with Gasteiger partial charge in [-0.1, -0.05) is 27.7 Å². The van der Waals surface area contributed by atoms with Crippen molar-refractivity contribution in [2.24, 2.45) is 29.4 Å². The number of nitrogens with two attached hydrogens (primary N) is 1. The van der Waals surface area contributed by atoms with Crippen LogP contribution < -0.4 is 11.1 Å². The van der Waals surface area contributed by atoms with Crippen LogP contribution in [-0.4, -0.2) is 30.1 Å². The number of aliphatic carboxylic acids is 1. The van der Waals surface area contributed by atoms with E-state index < -0.39 is 5.97 Å². The highest BCUT2D eigenvalue weighted by molar-refractivity contribution is 5.76. The summed E-state index contributed by atoms with van der Waals surface area (Å²) in [5.41, 5.74) is 5.51. The normalized spacial score (nSPS) is 15.7. The van der Waals surface area contributed by atoms with Gasteiger partial charge in [0, 0.05) is 13.0 Å². The first-order valence-corrected chi connectivity index (χ1v) is 7.46. The fourth-order valence-electron chi connectivity index (χ4n) is 2.04. The lowest BCUT2D eigenvalue weighted by Gasteiger charge is -2.26. The Morgan fingerprint density at radius 3 is 2.25 bits per heavy atom. The topological polar surface area (TPSA) is 92.4 Å². The van der Waals surface area contributed by atoms with E-state index in [4.69, 9.17) is 10.8 Å². The summed E-state index contributed by atoms with van der Waals surface area (Å²) in [5.74, 6) is 0.140. The Morgan fingerprint density at radius 1 is 1.20 bits per heavy atom. The summed E-state index contributed by atoms with van der Waals surface area (Å²) in [6, 6.07) is 0. The maximum atomic E-state index is 11.7. The second-order valence-corrected chi connectivity index (χ2v) is 6.14. The molecule has 0 aliphatic carbocycles. The summed E-state index contributed by atoms with van der Waals surface area (Å²) in [4.78, 5) is 22.7. The van der Waals surface area contributed by atoms with E-state index in [1.165, 1.54) is 0 Å². The highest BCUT2D eigenvalue weighted by Crippen LogP contribution is 2.23. The van der Waals surface area contributed by atoms with Gasteiger partial charge in [0.1, 0.15) is 0 Å². The molecular weight excluding hydrogens is 256 g/mol. The Bertz CT molecular complexity index is 305. The lowest BCUT2D eigenvalue weighted by atomic mass is 9.83. The molecule has 0 saturated heterocycles. The number of carbonyl (C=O) groups is 2. The molecule has 5 nitrogen and oxygen atoms in total. The van der Waals surface area contributed by atoms with E-state index in [2.05, 4.69) is 19.2 Å². The van der Waals surface area contributed by atoms with Crippen LogP contribution in [0, 0.1) is 23.7 Å². The molecule has 0 saturated carbocycles. The number of carboxylic acid groups (broad SMARTS) is 1. The third-order valence-corrected chi connectivity index (χ3v) is 4.06. The fourth-order valence-corrected chi connectivity index (χ4v) is 2.04. The molecule has 3 unspecified atom stereocenters. The SMILES string of the molecule is CC(CN)CCC(=O)NCC(CC(=O)O)C(C)C(C)C. The number of carboxylic acids is 1. The van der Waals surface area contributed by atoms with Crippen molar-refractivity contribution in [3.05, 3.63) is 0 Å². The number of amides is 1. The molecule has 118 valence electrons. The van der Waals surface area contributed by atoms with Gasteiger partial charge in [-0.2, -0.15) is 0 Å². The van der Waals surface area contributed by atoms with Crippen LogP contribution >= 0.6 is 0 Å². The van der Waals surface area contributed by atoms with Crippen molar-refractivity contribution < 1.29 is 14.7 Å². The average molecular weight is 286 g/mol. The van der Waals surface area contributed by atoms with Gasteiger partial charge < -0.3 is 16.2 Å². The van der Waals surface area contributed by atoms with Gasteiger partial charge in [-0.15, -0.1) is 0 Å². The van der Waals surface area contributed by atoms with Crippen molar-refractivity contribution in [2.45, 2.75) is 47.0 Å². The molecule has 0 aromatic heterocycles. The quantitative estimate of drug-likeness (QED) is 0.571. The molecule has 4 N–H and O–H groups in total. The van der Waals surface area contributed by atoms with E-state index in [1.807, 2.05) is 13.8 Å². The number of hydrogen-bond donors (Lipinski definition) is 3. The van der Waals surface area contributed by atoms with Crippen molar-refractivity contribution in [1.82, 2.24) is 5.32 Å². The molecule has 0 aliphatic heterocycles. The number of hydrogen-bond acceptors (Lipinski definition) is 3. The van der Waals surface area contributed by atoms with Gasteiger partial charge in [0.15, 0.2) is 0 Å². The molecule has 0 fully saturated rings. The lowest BCUT2D eigenvalue weighted by molar-refractivity contribution is -0.139. The first-order chi connectivity index (χ1) is 9.27. The van der Waals surface area contributed by atoms with E-state index in [0.717, 1.165) is 6.42 Å². The molecule has 0 bridgehead atoms. The predicted octanol–water partition coefficient (Wildman–Crippen LogP) is 1.86. The smallest absolute Gasteiger partial charge is 0.303 e. The van der Waals surface area contributed by atoms with Crippen molar-refractivity contribution in [3.63, 3.8) is 0 Å². The largest absolute Gasteiger partial charge is 0.481 e. The minimum atomic E-state index is -0.812. The van der Waals surface area contributed by atoms with Crippen LogP contribution in [0.1, 0.15) is 47.0 Å². The zero-order valence-electron chi connectivity index (χ0n) is 13.2. The summed E-state index contributed by atoms with van der Waals surface area (Å²) in [7, 11) is 0. The summed E-state index contributed by atoms with van der Waals surface area (Å²) >= 11 is 0. The summed E-state index contributed by atoms with van der Waals surface area (Å²) in [6.45, 7) is 9.22. The molecule has 0 radical (unpaired) electrons. The van der Waals surface area contributed by atoms with Crippen LogP contribution in [0.15, 0.2) is 0 Å². The summed E-state index contributed by atoms with van der Waals surface area (Å²) < 4.78 is 0. The van der Waals surface area contributed by atoms with Gasteiger partial charge >= 0.3 is 5.97 Å². The van der Waals surface area contributed by atoms with Gasteiger partial charge in [0.2, 0.25) is 5.91 Å². The molecule has 0 heterocycles. The van der Waals surface area contributed by atoms with Crippen LogP contribution in [-0.2, 0) is 9.59 Å². The highest BCUT2D eigenvalue weighted by Gasteiger charge is 2.23. The van der Waals surface area contributed by atoms with Crippen molar-refractivity contribution >= 4 is 11.9 Å². The first-order valence-electron chi connectivity index (χ1n) is 7.46. The van der Waals surface area contributed by atoms with Crippen LogP contribution in [0.25, 0.3) is 0 Å². The Morgan fingerprint density at radius 2 is 1.80 bits per heavy atom. The van der Waals surface area contributed by atoms with Crippen LogP contribution in [0.4, 0.5) is 0 Å². The standard InChI is InChI=1S/C15H30N2O3/c1-10(2)12(4)13(7-15(19)20)9-17-14(18)6-5-11(3)8-16/h10-13H,5-9,16H2,1-4H3,(H,17,18)(H,19,20). The Hall–Kier alpha value is -1.10. The molecule has 0 aromatic carbocycles. The summed E-state index contributed by atoms with van der Waals surface area (Å²) in [6.07, 6.45) is 1.32. The lowest BCUT2D eigenvalue weighted by Crippen LogP contribution is -2.34. The second-order valence-electron chi connectivity index (χ2n) is 6.14. The van der Waals surface area contributed by atoms with E-state index in [0.29, 0.717) is 31.3 Å². The Labute approximate surface area is 122 Å². The van der Waals surface area contributed by atoms with E-state index in [-0.39, 0.29) is 24.2 Å². The maximum Gasteiger partial charge on any atom is 0.303 e. The Kier molecular flexibility index (Phi) is 9.21. The number of rotatable bonds is 10. The minimum Gasteiger partial charge on any atom is -0.481 e.